The molecular weight excluding hydrogens is 199 g/mol. The summed E-state index contributed by atoms with van der Waals surface area (Å²) in [5.74, 6) is 0.322. The van der Waals surface area contributed by atoms with Gasteiger partial charge in [0.05, 0.1) is 0 Å². The van der Waals surface area contributed by atoms with Gasteiger partial charge in [-0.1, -0.05) is 43.1 Å². The van der Waals surface area contributed by atoms with E-state index in [-0.39, 0.29) is 5.97 Å². The Morgan fingerprint density at radius 3 is 2.75 bits per heavy atom. The molecule has 1 aromatic rings. The van der Waals surface area contributed by atoms with Gasteiger partial charge in [0, 0.05) is 6.92 Å². The second-order valence-electron chi connectivity index (χ2n) is 4.28. The maximum absolute atomic E-state index is 10.7. The monoisotopic (exact) mass is 218 g/mol. The Morgan fingerprint density at radius 1 is 1.50 bits per heavy atom. The van der Waals surface area contributed by atoms with Gasteiger partial charge in [-0.3, -0.25) is 4.79 Å². The highest BCUT2D eigenvalue weighted by molar-refractivity contribution is 6.33. The number of ether oxygens (including phenoxy) is 1. The van der Waals surface area contributed by atoms with Gasteiger partial charge in [0.15, 0.2) is 0 Å². The Hall–Kier alpha value is -1.25. The fourth-order valence-electron chi connectivity index (χ4n) is 1.72. The zero-order valence-corrected chi connectivity index (χ0v) is 10.5. The van der Waals surface area contributed by atoms with Crippen molar-refractivity contribution in [2.45, 2.75) is 39.7 Å². The number of benzene rings is 1. The van der Waals surface area contributed by atoms with E-state index >= 15 is 0 Å². The van der Waals surface area contributed by atoms with E-state index in [2.05, 4.69) is 33.8 Å². The molecule has 0 heterocycles. The normalized spacial score (nSPS) is 12.2. The molecule has 1 unspecified atom stereocenters. The van der Waals surface area contributed by atoms with Gasteiger partial charge in [0.2, 0.25) is 0 Å². The number of carbonyl (C=O) groups is 1. The summed E-state index contributed by atoms with van der Waals surface area (Å²) in [6, 6.07) is 6.26. The summed E-state index contributed by atoms with van der Waals surface area (Å²) in [4.78, 5) is 10.7. The van der Waals surface area contributed by atoms with Gasteiger partial charge in [-0.05, 0) is 17.9 Å². The van der Waals surface area contributed by atoms with E-state index in [0.717, 1.165) is 12.0 Å². The van der Waals surface area contributed by atoms with Crippen LogP contribution >= 0.6 is 0 Å². The molecule has 0 aromatic heterocycles. The van der Waals surface area contributed by atoms with E-state index in [4.69, 9.17) is 4.74 Å². The summed E-state index contributed by atoms with van der Waals surface area (Å²) < 4.78 is 5.00. The highest BCUT2D eigenvalue weighted by Crippen LogP contribution is 2.17. The second-order valence-corrected chi connectivity index (χ2v) is 4.28. The summed E-state index contributed by atoms with van der Waals surface area (Å²) in [5.41, 5.74) is 3.73. The zero-order valence-electron chi connectivity index (χ0n) is 10.5. The lowest BCUT2D eigenvalue weighted by Crippen LogP contribution is -2.13. The lowest BCUT2D eigenvalue weighted by atomic mass is 9.83. The number of esters is 1. The molecule has 0 radical (unpaired) electrons. The van der Waals surface area contributed by atoms with Crippen LogP contribution in [0.1, 0.15) is 44.2 Å². The van der Waals surface area contributed by atoms with Crippen molar-refractivity contribution in [3.63, 3.8) is 0 Å². The van der Waals surface area contributed by atoms with Crippen LogP contribution in [0.2, 0.25) is 0 Å². The van der Waals surface area contributed by atoms with Gasteiger partial charge >= 0.3 is 5.97 Å². The maximum atomic E-state index is 10.7. The van der Waals surface area contributed by atoms with Gasteiger partial charge in [-0.2, -0.15) is 0 Å². The lowest BCUT2D eigenvalue weighted by molar-refractivity contribution is -0.142. The van der Waals surface area contributed by atoms with Crippen LogP contribution in [0.5, 0.6) is 0 Å². The molecule has 0 saturated heterocycles. The van der Waals surface area contributed by atoms with Crippen molar-refractivity contribution >= 4 is 19.3 Å². The Labute approximate surface area is 98.4 Å². The van der Waals surface area contributed by atoms with Crippen LogP contribution in [-0.2, 0) is 16.1 Å². The lowest BCUT2D eigenvalue weighted by Gasteiger charge is -2.14. The molecule has 1 atom stereocenters. The molecule has 0 saturated carbocycles. The molecule has 0 aliphatic heterocycles. The molecule has 0 amide bonds. The van der Waals surface area contributed by atoms with E-state index in [9.17, 15) is 4.79 Å². The number of hydrogen-bond donors (Lipinski definition) is 0. The number of carbonyl (C=O) groups excluding carboxylic acids is 1. The first-order valence-electron chi connectivity index (χ1n) is 5.77. The summed E-state index contributed by atoms with van der Waals surface area (Å²) in [7, 11) is 2.12. The molecule has 1 aromatic carbocycles. The second kappa shape index (κ2) is 5.73. The SMILES string of the molecule is Bc1ccc(COC(C)=O)cc1C(C)CC. The van der Waals surface area contributed by atoms with Crippen LogP contribution in [0.4, 0.5) is 0 Å². The highest BCUT2D eigenvalue weighted by atomic mass is 16.5. The third-order valence-electron chi connectivity index (χ3n) is 2.93. The average Bonchev–Trinajstić information content (AvgIpc) is 2.27. The molecular formula is C13H19BO2. The largest absolute Gasteiger partial charge is 0.461 e. The van der Waals surface area contributed by atoms with E-state index in [0.29, 0.717) is 12.5 Å². The molecule has 0 N–H and O–H groups in total. The summed E-state index contributed by atoms with van der Waals surface area (Å²) in [6.07, 6.45) is 1.12. The third kappa shape index (κ3) is 3.40. The average molecular weight is 218 g/mol. The van der Waals surface area contributed by atoms with E-state index in [1.54, 1.807) is 0 Å². The van der Waals surface area contributed by atoms with E-state index in [1.807, 2.05) is 6.07 Å². The first-order chi connectivity index (χ1) is 7.54. The quantitative estimate of drug-likeness (QED) is 0.565. The Balaban J connectivity index is 2.85. The van der Waals surface area contributed by atoms with Crippen LogP contribution < -0.4 is 5.46 Å². The van der Waals surface area contributed by atoms with Crippen LogP contribution in [0.3, 0.4) is 0 Å². The topological polar surface area (TPSA) is 26.3 Å². The molecule has 1 rings (SSSR count). The minimum absolute atomic E-state index is 0.231. The minimum atomic E-state index is -0.231. The van der Waals surface area contributed by atoms with Crippen LogP contribution in [0.15, 0.2) is 18.2 Å². The smallest absolute Gasteiger partial charge is 0.302 e. The maximum Gasteiger partial charge on any atom is 0.302 e. The summed E-state index contributed by atoms with van der Waals surface area (Å²) in [5, 5.41) is 0. The summed E-state index contributed by atoms with van der Waals surface area (Å²) in [6.45, 7) is 6.21. The van der Waals surface area contributed by atoms with Crippen molar-refractivity contribution in [1.82, 2.24) is 0 Å². The molecule has 16 heavy (non-hydrogen) atoms. The third-order valence-corrected chi connectivity index (χ3v) is 2.93. The molecule has 0 fully saturated rings. The zero-order chi connectivity index (χ0) is 12.1. The van der Waals surface area contributed by atoms with Crippen molar-refractivity contribution in [3.05, 3.63) is 29.3 Å². The van der Waals surface area contributed by atoms with Crippen molar-refractivity contribution in [1.29, 1.82) is 0 Å². The number of hydrogen-bond acceptors (Lipinski definition) is 2. The predicted molar refractivity (Wildman–Crippen MR) is 68.8 cm³/mol. The van der Waals surface area contributed by atoms with Crippen molar-refractivity contribution < 1.29 is 9.53 Å². The Kier molecular flexibility index (Phi) is 4.60. The number of rotatable bonds is 4. The van der Waals surface area contributed by atoms with Gasteiger partial charge < -0.3 is 4.74 Å². The van der Waals surface area contributed by atoms with Crippen molar-refractivity contribution in [2.75, 3.05) is 0 Å². The summed E-state index contributed by atoms with van der Waals surface area (Å²) >= 11 is 0. The van der Waals surface area contributed by atoms with Crippen molar-refractivity contribution in [2.24, 2.45) is 0 Å². The molecule has 0 bridgehead atoms. The Bertz CT molecular complexity index is 374. The van der Waals surface area contributed by atoms with Gasteiger partial charge in [-0.25, -0.2) is 0 Å². The fourth-order valence-corrected chi connectivity index (χ4v) is 1.72. The van der Waals surface area contributed by atoms with Crippen LogP contribution in [-0.4, -0.2) is 13.8 Å². The molecule has 2 nitrogen and oxygen atoms in total. The minimum Gasteiger partial charge on any atom is -0.461 e. The first-order valence-corrected chi connectivity index (χ1v) is 5.77. The molecule has 3 heteroatoms. The molecule has 0 aliphatic rings. The van der Waals surface area contributed by atoms with Crippen LogP contribution in [0.25, 0.3) is 0 Å². The molecule has 0 spiro atoms. The standard InChI is InChI=1S/C13H19BO2/c1-4-9(2)12-7-11(5-6-13(12)14)8-16-10(3)15/h5-7,9H,4,8,14H2,1-3H3. The molecule has 0 aliphatic carbocycles. The highest BCUT2D eigenvalue weighted by Gasteiger charge is 2.07. The van der Waals surface area contributed by atoms with E-state index in [1.165, 1.54) is 17.9 Å². The van der Waals surface area contributed by atoms with Crippen LogP contribution in [0, 0.1) is 0 Å². The predicted octanol–water partition coefficient (Wildman–Crippen LogP) is 1.52. The van der Waals surface area contributed by atoms with Gasteiger partial charge in [0.25, 0.3) is 0 Å². The van der Waals surface area contributed by atoms with E-state index < -0.39 is 0 Å². The Morgan fingerprint density at radius 2 is 2.19 bits per heavy atom. The first kappa shape index (κ1) is 12.8. The van der Waals surface area contributed by atoms with Gasteiger partial charge in [-0.15, -0.1) is 0 Å². The fraction of sp³-hybridized carbons (Fsp3) is 0.462. The van der Waals surface area contributed by atoms with Crippen molar-refractivity contribution in [3.8, 4) is 0 Å². The van der Waals surface area contributed by atoms with Gasteiger partial charge in [0.1, 0.15) is 14.5 Å². The molecule has 86 valence electrons.